The molecule has 0 bridgehead atoms. The second kappa shape index (κ2) is 7.88. The van der Waals surface area contributed by atoms with Crippen LogP contribution in [0.5, 0.6) is 5.75 Å². The number of urea groups is 1. The van der Waals surface area contributed by atoms with Crippen molar-refractivity contribution in [2.75, 3.05) is 18.5 Å². The number of nitriles is 1. The number of alkyl halides is 3. The van der Waals surface area contributed by atoms with Crippen LogP contribution >= 0.6 is 11.3 Å². The predicted octanol–water partition coefficient (Wildman–Crippen LogP) is 4.93. The van der Waals surface area contributed by atoms with E-state index in [0.29, 0.717) is 12.2 Å². The molecule has 0 aliphatic carbocycles. The van der Waals surface area contributed by atoms with Crippen LogP contribution in [-0.2, 0) is 0 Å². The molecule has 0 spiro atoms. The van der Waals surface area contributed by atoms with Crippen LogP contribution < -0.4 is 10.1 Å². The van der Waals surface area contributed by atoms with Crippen molar-refractivity contribution in [1.82, 2.24) is 4.90 Å². The third-order valence-electron chi connectivity index (χ3n) is 4.18. The van der Waals surface area contributed by atoms with Gasteiger partial charge in [-0.1, -0.05) is 0 Å². The van der Waals surface area contributed by atoms with Crippen LogP contribution in [0.4, 0.5) is 23.7 Å². The second-order valence-electron chi connectivity index (χ2n) is 6.06. The number of ether oxygens (including phenoxy) is 1. The number of nitrogens with zero attached hydrogens (tertiary/aromatic N) is 2. The van der Waals surface area contributed by atoms with Crippen molar-refractivity contribution < 1.29 is 22.7 Å². The zero-order valence-corrected chi connectivity index (χ0v) is 14.9. The molecule has 2 aromatic rings. The molecule has 0 unspecified atom stereocenters. The average molecular weight is 395 g/mol. The largest absolute Gasteiger partial charge is 0.483 e. The normalized spacial score (nSPS) is 16.8. The lowest BCUT2D eigenvalue weighted by Gasteiger charge is -2.24. The summed E-state index contributed by atoms with van der Waals surface area (Å²) in [6, 6.07) is 7.44. The highest BCUT2D eigenvalue weighted by atomic mass is 32.1. The monoisotopic (exact) mass is 395 g/mol. The molecule has 1 N–H and O–H groups in total. The van der Waals surface area contributed by atoms with Gasteiger partial charge in [0, 0.05) is 12.2 Å². The Labute approximate surface area is 158 Å². The van der Waals surface area contributed by atoms with Crippen LogP contribution in [0.1, 0.15) is 30.0 Å². The molecule has 5 nitrogen and oxygen atoms in total. The van der Waals surface area contributed by atoms with E-state index in [4.69, 9.17) is 5.26 Å². The topological polar surface area (TPSA) is 65.4 Å². The Balaban J connectivity index is 1.70. The van der Waals surface area contributed by atoms with E-state index in [-0.39, 0.29) is 23.4 Å². The van der Waals surface area contributed by atoms with E-state index in [9.17, 15) is 18.0 Å². The molecule has 3 rings (SSSR count). The summed E-state index contributed by atoms with van der Waals surface area (Å²) >= 11 is 1.57. The molecule has 0 saturated carbocycles. The molecular formula is C18H16F3N3O2S. The number of carbonyl (C=O) groups is 1. The Morgan fingerprint density at radius 2 is 2.22 bits per heavy atom. The number of likely N-dealkylation sites (tertiary alicyclic amines) is 1. The van der Waals surface area contributed by atoms with Gasteiger partial charge < -0.3 is 15.0 Å². The summed E-state index contributed by atoms with van der Waals surface area (Å²) in [7, 11) is 0. The lowest BCUT2D eigenvalue weighted by atomic mass is 10.1. The van der Waals surface area contributed by atoms with Gasteiger partial charge in [-0.25, -0.2) is 4.79 Å². The minimum atomic E-state index is -4.49. The molecule has 2 heterocycles. The van der Waals surface area contributed by atoms with Crippen LogP contribution in [0.2, 0.25) is 0 Å². The minimum absolute atomic E-state index is 0.000999. The van der Waals surface area contributed by atoms with E-state index >= 15 is 0 Å². The van der Waals surface area contributed by atoms with Crippen molar-refractivity contribution in [1.29, 1.82) is 5.26 Å². The molecule has 9 heteroatoms. The molecule has 1 aliphatic heterocycles. The summed E-state index contributed by atoms with van der Waals surface area (Å²) in [4.78, 5) is 14.3. The maximum Gasteiger partial charge on any atom is 0.422 e. The molecule has 1 aromatic carbocycles. The van der Waals surface area contributed by atoms with E-state index in [0.717, 1.165) is 18.4 Å². The van der Waals surface area contributed by atoms with Gasteiger partial charge in [-0.2, -0.15) is 29.8 Å². The highest BCUT2D eigenvalue weighted by Crippen LogP contribution is 2.33. The highest BCUT2D eigenvalue weighted by Gasteiger charge is 2.31. The smallest absolute Gasteiger partial charge is 0.422 e. The number of halogens is 3. The first-order chi connectivity index (χ1) is 12.9. The summed E-state index contributed by atoms with van der Waals surface area (Å²) < 4.78 is 41.5. The van der Waals surface area contributed by atoms with E-state index in [1.54, 1.807) is 22.3 Å². The number of nitrogens with one attached hydrogen (secondary N) is 1. The SMILES string of the molecule is N#Cc1cc(NC(=O)N2CCC[C@H]2c2ccsc2)ccc1OCC(F)(F)F. The fraction of sp³-hybridized carbons (Fsp3) is 0.333. The Bertz CT molecular complexity index is 847. The van der Waals surface area contributed by atoms with Crippen molar-refractivity contribution in [2.24, 2.45) is 0 Å². The fourth-order valence-corrected chi connectivity index (χ4v) is 3.70. The maximum atomic E-state index is 12.6. The van der Waals surface area contributed by atoms with Gasteiger partial charge in [0.05, 0.1) is 11.6 Å². The molecule has 1 saturated heterocycles. The fourth-order valence-electron chi connectivity index (χ4n) is 3.00. The van der Waals surface area contributed by atoms with Crippen molar-refractivity contribution >= 4 is 23.1 Å². The van der Waals surface area contributed by atoms with Gasteiger partial charge in [-0.15, -0.1) is 0 Å². The first-order valence-corrected chi connectivity index (χ1v) is 9.15. The quantitative estimate of drug-likeness (QED) is 0.798. The van der Waals surface area contributed by atoms with Crippen molar-refractivity contribution in [2.45, 2.75) is 25.1 Å². The van der Waals surface area contributed by atoms with E-state index in [2.05, 4.69) is 10.1 Å². The van der Waals surface area contributed by atoms with Crippen molar-refractivity contribution in [3.05, 3.63) is 46.2 Å². The van der Waals surface area contributed by atoms with Crippen LogP contribution in [0, 0.1) is 11.3 Å². The summed E-state index contributed by atoms with van der Waals surface area (Å²) in [5.74, 6) is -0.176. The Hall–Kier alpha value is -2.73. The predicted molar refractivity (Wildman–Crippen MR) is 94.7 cm³/mol. The number of hydrogen-bond acceptors (Lipinski definition) is 4. The van der Waals surface area contributed by atoms with Gasteiger partial charge in [0.2, 0.25) is 0 Å². The van der Waals surface area contributed by atoms with Crippen molar-refractivity contribution in [3.8, 4) is 11.8 Å². The molecule has 0 radical (unpaired) electrons. The Morgan fingerprint density at radius 1 is 1.41 bits per heavy atom. The zero-order valence-electron chi connectivity index (χ0n) is 14.1. The first-order valence-electron chi connectivity index (χ1n) is 8.21. The molecule has 27 heavy (non-hydrogen) atoms. The zero-order chi connectivity index (χ0) is 19.4. The molecule has 1 atom stereocenters. The van der Waals surface area contributed by atoms with Crippen LogP contribution in [0.15, 0.2) is 35.0 Å². The van der Waals surface area contributed by atoms with E-state index in [1.807, 2.05) is 16.8 Å². The van der Waals surface area contributed by atoms with Gasteiger partial charge in [-0.05, 0) is 53.4 Å². The first kappa shape index (κ1) is 19.0. The molecule has 142 valence electrons. The standard InChI is InChI=1S/C18H16F3N3O2S/c19-18(20,21)11-26-16-4-3-14(8-13(16)9-22)23-17(25)24-6-1-2-15(24)12-5-7-27-10-12/h3-5,7-8,10,15H,1-2,6,11H2,(H,23,25)/t15-/m0/s1. The third kappa shape index (κ3) is 4.71. The van der Waals surface area contributed by atoms with Gasteiger partial charge in [0.15, 0.2) is 6.61 Å². The Kier molecular flexibility index (Phi) is 5.56. The van der Waals surface area contributed by atoms with Crippen molar-refractivity contribution in [3.63, 3.8) is 0 Å². The number of anilines is 1. The molecule has 2 amide bonds. The van der Waals surface area contributed by atoms with Gasteiger partial charge >= 0.3 is 12.2 Å². The molecular weight excluding hydrogens is 379 g/mol. The summed E-state index contributed by atoms with van der Waals surface area (Å²) in [6.45, 7) is -0.867. The van der Waals surface area contributed by atoms with Crippen LogP contribution in [-0.4, -0.2) is 30.3 Å². The van der Waals surface area contributed by atoms with E-state index in [1.165, 1.54) is 18.2 Å². The van der Waals surface area contributed by atoms with Gasteiger partial charge in [0.25, 0.3) is 0 Å². The second-order valence-corrected chi connectivity index (χ2v) is 6.84. The average Bonchev–Trinajstić information content (AvgIpc) is 3.30. The number of amides is 2. The van der Waals surface area contributed by atoms with Crippen LogP contribution in [0.25, 0.3) is 0 Å². The summed E-state index contributed by atoms with van der Waals surface area (Å²) in [5, 5.41) is 15.8. The minimum Gasteiger partial charge on any atom is -0.483 e. The highest BCUT2D eigenvalue weighted by molar-refractivity contribution is 7.08. The number of hydrogen-bond donors (Lipinski definition) is 1. The third-order valence-corrected chi connectivity index (χ3v) is 4.89. The van der Waals surface area contributed by atoms with E-state index < -0.39 is 12.8 Å². The molecule has 1 aliphatic rings. The number of benzene rings is 1. The number of carbonyl (C=O) groups excluding carboxylic acids is 1. The lowest BCUT2D eigenvalue weighted by Crippen LogP contribution is -2.34. The molecule has 1 fully saturated rings. The van der Waals surface area contributed by atoms with Gasteiger partial charge in [0.1, 0.15) is 11.8 Å². The van der Waals surface area contributed by atoms with Gasteiger partial charge in [-0.3, -0.25) is 0 Å². The van der Waals surface area contributed by atoms with Crippen LogP contribution in [0.3, 0.4) is 0 Å². The maximum absolute atomic E-state index is 12.6. The number of rotatable bonds is 4. The number of thiophene rings is 1. The summed E-state index contributed by atoms with van der Waals surface area (Å²) in [5.41, 5.74) is 1.33. The summed E-state index contributed by atoms with van der Waals surface area (Å²) in [6.07, 6.45) is -2.73. The Morgan fingerprint density at radius 3 is 2.89 bits per heavy atom. The lowest BCUT2D eigenvalue weighted by molar-refractivity contribution is -0.153. The molecule has 1 aromatic heterocycles.